The maximum absolute atomic E-state index is 11.9. The van der Waals surface area contributed by atoms with Gasteiger partial charge in [-0.25, -0.2) is 0 Å². The number of carbonyl (C=O) groups is 1. The first kappa shape index (κ1) is 13.2. The van der Waals surface area contributed by atoms with Crippen molar-refractivity contribution in [2.24, 2.45) is 0 Å². The number of carbonyl (C=O) groups excluding carboxylic acids is 1. The van der Waals surface area contributed by atoms with Gasteiger partial charge in [0.15, 0.2) is 5.82 Å². The standard InChI is InChI=1S/C13H16N4O2/c1-10-15-12(19-16-10)9-17(2)13(18)6-5-11-4-3-7-14-8-11/h3-4,7-8H,5-6,9H2,1-2H3. The normalized spacial score (nSPS) is 10.4. The van der Waals surface area contributed by atoms with Crippen LogP contribution in [0.3, 0.4) is 0 Å². The van der Waals surface area contributed by atoms with E-state index in [4.69, 9.17) is 4.52 Å². The summed E-state index contributed by atoms with van der Waals surface area (Å²) in [6.07, 6.45) is 4.61. The molecule has 0 aliphatic rings. The van der Waals surface area contributed by atoms with E-state index in [9.17, 15) is 4.79 Å². The van der Waals surface area contributed by atoms with Crippen LogP contribution in [0.5, 0.6) is 0 Å². The number of amides is 1. The zero-order valence-corrected chi connectivity index (χ0v) is 11.0. The van der Waals surface area contributed by atoms with Crippen LogP contribution in [0.25, 0.3) is 0 Å². The highest BCUT2D eigenvalue weighted by atomic mass is 16.5. The quantitative estimate of drug-likeness (QED) is 0.811. The van der Waals surface area contributed by atoms with Gasteiger partial charge in [-0.15, -0.1) is 0 Å². The first-order valence-electron chi connectivity index (χ1n) is 6.07. The van der Waals surface area contributed by atoms with E-state index in [0.29, 0.717) is 31.1 Å². The fourth-order valence-electron chi connectivity index (χ4n) is 1.68. The van der Waals surface area contributed by atoms with Gasteiger partial charge in [-0.3, -0.25) is 9.78 Å². The molecule has 19 heavy (non-hydrogen) atoms. The molecule has 0 N–H and O–H groups in total. The summed E-state index contributed by atoms with van der Waals surface area (Å²) in [6.45, 7) is 2.09. The molecule has 1 amide bonds. The molecule has 0 bridgehead atoms. The van der Waals surface area contributed by atoms with Crippen molar-refractivity contribution < 1.29 is 9.32 Å². The van der Waals surface area contributed by atoms with Crippen molar-refractivity contribution in [1.82, 2.24) is 20.0 Å². The summed E-state index contributed by atoms with van der Waals surface area (Å²) in [5, 5.41) is 3.69. The molecule has 6 heteroatoms. The Balaban J connectivity index is 1.82. The molecular formula is C13H16N4O2. The molecule has 2 aromatic heterocycles. The lowest BCUT2D eigenvalue weighted by atomic mass is 10.1. The molecule has 6 nitrogen and oxygen atoms in total. The number of nitrogens with zero attached hydrogens (tertiary/aromatic N) is 4. The molecule has 0 radical (unpaired) electrons. The fraction of sp³-hybridized carbons (Fsp3) is 0.385. The maximum atomic E-state index is 11.9. The van der Waals surface area contributed by atoms with Gasteiger partial charge in [0.1, 0.15) is 0 Å². The Morgan fingerprint density at radius 3 is 2.95 bits per heavy atom. The van der Waals surface area contributed by atoms with E-state index in [1.165, 1.54) is 0 Å². The summed E-state index contributed by atoms with van der Waals surface area (Å²) >= 11 is 0. The molecule has 0 aliphatic carbocycles. The number of pyridine rings is 1. The Labute approximate surface area is 111 Å². The highest BCUT2D eigenvalue weighted by Crippen LogP contribution is 2.05. The van der Waals surface area contributed by atoms with Crippen LogP contribution in [0.2, 0.25) is 0 Å². The van der Waals surface area contributed by atoms with Crippen molar-refractivity contribution in [3.8, 4) is 0 Å². The van der Waals surface area contributed by atoms with Crippen LogP contribution in [0.4, 0.5) is 0 Å². The predicted molar refractivity (Wildman–Crippen MR) is 68.1 cm³/mol. The van der Waals surface area contributed by atoms with Crippen LogP contribution in [-0.2, 0) is 17.8 Å². The largest absolute Gasteiger partial charge is 0.337 e. The molecule has 0 saturated carbocycles. The van der Waals surface area contributed by atoms with Crippen LogP contribution in [0, 0.1) is 6.92 Å². The van der Waals surface area contributed by atoms with Crippen molar-refractivity contribution >= 4 is 5.91 Å². The third-order valence-corrected chi connectivity index (χ3v) is 2.72. The van der Waals surface area contributed by atoms with E-state index in [-0.39, 0.29) is 5.91 Å². The van der Waals surface area contributed by atoms with Gasteiger partial charge < -0.3 is 9.42 Å². The van der Waals surface area contributed by atoms with E-state index in [2.05, 4.69) is 15.1 Å². The molecule has 0 saturated heterocycles. The van der Waals surface area contributed by atoms with Crippen molar-refractivity contribution in [2.45, 2.75) is 26.3 Å². The Morgan fingerprint density at radius 2 is 2.32 bits per heavy atom. The molecule has 0 atom stereocenters. The van der Waals surface area contributed by atoms with E-state index in [1.807, 2.05) is 12.1 Å². The van der Waals surface area contributed by atoms with Crippen molar-refractivity contribution in [2.75, 3.05) is 7.05 Å². The second-order valence-electron chi connectivity index (χ2n) is 4.35. The SMILES string of the molecule is Cc1noc(CN(C)C(=O)CCc2cccnc2)n1. The number of hydrogen-bond donors (Lipinski definition) is 0. The molecule has 2 aromatic rings. The van der Waals surface area contributed by atoms with Crippen LogP contribution < -0.4 is 0 Å². The lowest BCUT2D eigenvalue weighted by Gasteiger charge is -2.14. The average molecular weight is 260 g/mol. The molecule has 2 heterocycles. The second kappa shape index (κ2) is 6.08. The Bertz CT molecular complexity index is 539. The molecule has 0 fully saturated rings. The summed E-state index contributed by atoms with van der Waals surface area (Å²) in [6, 6.07) is 3.83. The minimum atomic E-state index is 0.0414. The predicted octanol–water partition coefficient (Wildman–Crippen LogP) is 1.36. The van der Waals surface area contributed by atoms with Gasteiger partial charge in [-0.1, -0.05) is 11.2 Å². The van der Waals surface area contributed by atoms with Gasteiger partial charge in [-0.05, 0) is 25.0 Å². The van der Waals surface area contributed by atoms with E-state index >= 15 is 0 Å². The van der Waals surface area contributed by atoms with Crippen molar-refractivity contribution in [3.63, 3.8) is 0 Å². The van der Waals surface area contributed by atoms with Crippen LogP contribution >= 0.6 is 0 Å². The monoisotopic (exact) mass is 260 g/mol. The maximum Gasteiger partial charge on any atom is 0.246 e. The fourth-order valence-corrected chi connectivity index (χ4v) is 1.68. The molecular weight excluding hydrogens is 244 g/mol. The minimum Gasteiger partial charge on any atom is -0.337 e. The topological polar surface area (TPSA) is 72.1 Å². The number of aryl methyl sites for hydroxylation is 2. The number of hydrogen-bond acceptors (Lipinski definition) is 5. The first-order chi connectivity index (χ1) is 9.15. The van der Waals surface area contributed by atoms with Crippen molar-refractivity contribution in [3.05, 3.63) is 41.8 Å². The van der Waals surface area contributed by atoms with Crippen LogP contribution in [0.1, 0.15) is 23.7 Å². The van der Waals surface area contributed by atoms with Gasteiger partial charge >= 0.3 is 0 Å². The van der Waals surface area contributed by atoms with Crippen molar-refractivity contribution in [1.29, 1.82) is 0 Å². The lowest BCUT2D eigenvalue weighted by Crippen LogP contribution is -2.26. The molecule has 0 unspecified atom stereocenters. The van der Waals surface area contributed by atoms with Crippen LogP contribution in [-0.4, -0.2) is 33.0 Å². The smallest absolute Gasteiger partial charge is 0.246 e. The molecule has 100 valence electrons. The van der Waals surface area contributed by atoms with Gasteiger partial charge in [-0.2, -0.15) is 4.98 Å². The summed E-state index contributed by atoms with van der Waals surface area (Å²) in [5.74, 6) is 1.07. The summed E-state index contributed by atoms with van der Waals surface area (Å²) in [7, 11) is 1.73. The highest BCUT2D eigenvalue weighted by Gasteiger charge is 2.12. The van der Waals surface area contributed by atoms with Crippen LogP contribution in [0.15, 0.2) is 29.0 Å². The van der Waals surface area contributed by atoms with E-state index in [0.717, 1.165) is 5.56 Å². The van der Waals surface area contributed by atoms with Gasteiger partial charge in [0, 0.05) is 25.9 Å². The average Bonchev–Trinajstić information content (AvgIpc) is 2.82. The molecule has 0 aliphatic heterocycles. The zero-order valence-electron chi connectivity index (χ0n) is 11.0. The van der Waals surface area contributed by atoms with E-state index < -0.39 is 0 Å². The van der Waals surface area contributed by atoms with Gasteiger partial charge in [0.05, 0.1) is 6.54 Å². The molecule has 0 aromatic carbocycles. The Kier molecular flexibility index (Phi) is 4.22. The second-order valence-corrected chi connectivity index (χ2v) is 4.35. The minimum absolute atomic E-state index is 0.0414. The van der Waals surface area contributed by atoms with E-state index in [1.54, 1.807) is 31.3 Å². The number of rotatable bonds is 5. The summed E-state index contributed by atoms with van der Waals surface area (Å²) in [5.41, 5.74) is 1.05. The summed E-state index contributed by atoms with van der Waals surface area (Å²) in [4.78, 5) is 21.6. The zero-order chi connectivity index (χ0) is 13.7. The Hall–Kier alpha value is -2.24. The van der Waals surface area contributed by atoms with Gasteiger partial charge in [0.25, 0.3) is 0 Å². The third-order valence-electron chi connectivity index (χ3n) is 2.72. The number of aromatic nitrogens is 3. The molecule has 2 rings (SSSR count). The Morgan fingerprint density at radius 1 is 1.47 bits per heavy atom. The lowest BCUT2D eigenvalue weighted by molar-refractivity contribution is -0.130. The highest BCUT2D eigenvalue weighted by molar-refractivity contribution is 5.76. The first-order valence-corrected chi connectivity index (χ1v) is 6.07. The van der Waals surface area contributed by atoms with Gasteiger partial charge in [0.2, 0.25) is 11.8 Å². The third kappa shape index (κ3) is 3.87. The summed E-state index contributed by atoms with van der Waals surface area (Å²) < 4.78 is 4.98. The molecule has 0 spiro atoms.